The van der Waals surface area contributed by atoms with Crippen LogP contribution in [0, 0.1) is 5.41 Å². The number of ether oxygens (including phenoxy) is 2. The summed E-state index contributed by atoms with van der Waals surface area (Å²) in [6.07, 6.45) is -0.851. The first-order chi connectivity index (χ1) is 5.73. The van der Waals surface area contributed by atoms with Crippen LogP contribution in [0.15, 0.2) is 0 Å². The van der Waals surface area contributed by atoms with Crippen molar-refractivity contribution in [1.82, 2.24) is 0 Å². The SMILES string of the molecule is CC(C)OC(=O)O[C@H](C)C(C)(C)C. The van der Waals surface area contributed by atoms with E-state index in [4.69, 9.17) is 9.47 Å². The first-order valence-electron chi connectivity index (χ1n) is 4.60. The van der Waals surface area contributed by atoms with Crippen molar-refractivity contribution < 1.29 is 14.3 Å². The Morgan fingerprint density at radius 2 is 1.54 bits per heavy atom. The molecule has 0 fully saturated rings. The highest BCUT2D eigenvalue weighted by Gasteiger charge is 2.24. The number of hydrogen-bond acceptors (Lipinski definition) is 3. The van der Waals surface area contributed by atoms with Crippen LogP contribution < -0.4 is 0 Å². The molecule has 0 unspecified atom stereocenters. The monoisotopic (exact) mass is 188 g/mol. The largest absolute Gasteiger partial charge is 0.508 e. The number of rotatable bonds is 2. The van der Waals surface area contributed by atoms with Crippen LogP contribution in [-0.4, -0.2) is 18.4 Å². The van der Waals surface area contributed by atoms with E-state index in [1.54, 1.807) is 13.8 Å². The molecule has 0 saturated heterocycles. The Morgan fingerprint density at radius 1 is 1.08 bits per heavy atom. The number of hydrogen-bond donors (Lipinski definition) is 0. The summed E-state index contributed by atoms with van der Waals surface area (Å²) in [5.74, 6) is 0. The van der Waals surface area contributed by atoms with Crippen LogP contribution >= 0.6 is 0 Å². The van der Waals surface area contributed by atoms with Gasteiger partial charge in [0, 0.05) is 0 Å². The molecule has 13 heavy (non-hydrogen) atoms. The lowest BCUT2D eigenvalue weighted by Crippen LogP contribution is -2.29. The maximum atomic E-state index is 11.1. The van der Waals surface area contributed by atoms with Crippen LogP contribution in [0.25, 0.3) is 0 Å². The second kappa shape index (κ2) is 4.49. The van der Waals surface area contributed by atoms with Crippen LogP contribution in [0.2, 0.25) is 0 Å². The molecule has 3 heteroatoms. The van der Waals surface area contributed by atoms with E-state index in [-0.39, 0.29) is 17.6 Å². The van der Waals surface area contributed by atoms with Gasteiger partial charge in [-0.05, 0) is 26.2 Å². The highest BCUT2D eigenvalue weighted by Crippen LogP contribution is 2.22. The van der Waals surface area contributed by atoms with Crippen molar-refractivity contribution in [2.45, 2.75) is 53.8 Å². The van der Waals surface area contributed by atoms with Gasteiger partial charge in [-0.15, -0.1) is 0 Å². The third-order valence-corrected chi connectivity index (χ3v) is 1.82. The summed E-state index contributed by atoms with van der Waals surface area (Å²) >= 11 is 0. The summed E-state index contributed by atoms with van der Waals surface area (Å²) < 4.78 is 9.92. The molecule has 0 aliphatic carbocycles. The number of carbonyl (C=O) groups excluding carboxylic acids is 1. The van der Waals surface area contributed by atoms with Gasteiger partial charge in [-0.3, -0.25) is 0 Å². The summed E-state index contributed by atoms with van der Waals surface area (Å²) in [5.41, 5.74) is -0.0456. The molecule has 0 aromatic rings. The van der Waals surface area contributed by atoms with Gasteiger partial charge >= 0.3 is 6.16 Å². The lowest BCUT2D eigenvalue weighted by molar-refractivity contribution is -0.0202. The quantitative estimate of drug-likeness (QED) is 0.625. The molecule has 0 aromatic carbocycles. The van der Waals surface area contributed by atoms with E-state index in [1.165, 1.54) is 0 Å². The maximum Gasteiger partial charge on any atom is 0.508 e. The van der Waals surface area contributed by atoms with Crippen molar-refractivity contribution in [3.63, 3.8) is 0 Å². The molecule has 1 atom stereocenters. The van der Waals surface area contributed by atoms with Crippen LogP contribution in [0.1, 0.15) is 41.5 Å². The van der Waals surface area contributed by atoms with Gasteiger partial charge in [0.1, 0.15) is 6.10 Å². The maximum absolute atomic E-state index is 11.1. The van der Waals surface area contributed by atoms with E-state index in [0.29, 0.717) is 0 Å². The molecule has 0 saturated carbocycles. The third-order valence-electron chi connectivity index (χ3n) is 1.82. The molecule has 0 radical (unpaired) electrons. The summed E-state index contributed by atoms with van der Waals surface area (Å²) in [4.78, 5) is 11.1. The standard InChI is InChI=1S/C10H20O3/c1-7(2)12-9(11)13-8(3)10(4,5)6/h7-8H,1-6H3/t8-/m1/s1. The average Bonchev–Trinajstić information content (AvgIpc) is 1.82. The second-order valence-corrected chi connectivity index (χ2v) is 4.54. The Morgan fingerprint density at radius 3 is 1.85 bits per heavy atom. The Balaban J connectivity index is 3.93. The zero-order valence-electron chi connectivity index (χ0n) is 9.38. The smallest absolute Gasteiger partial charge is 0.432 e. The molecule has 0 aliphatic heterocycles. The molecular formula is C10H20O3. The average molecular weight is 188 g/mol. The minimum absolute atomic E-state index is 0.0456. The second-order valence-electron chi connectivity index (χ2n) is 4.54. The van der Waals surface area contributed by atoms with E-state index in [9.17, 15) is 4.79 Å². The van der Waals surface area contributed by atoms with Gasteiger partial charge in [0.25, 0.3) is 0 Å². The minimum atomic E-state index is -0.586. The topological polar surface area (TPSA) is 35.5 Å². The van der Waals surface area contributed by atoms with Crippen molar-refractivity contribution in [3.05, 3.63) is 0 Å². The normalized spacial score (nSPS) is 14.1. The summed E-state index contributed by atoms with van der Waals surface area (Å²) in [7, 11) is 0. The van der Waals surface area contributed by atoms with Crippen molar-refractivity contribution in [3.8, 4) is 0 Å². The summed E-state index contributed by atoms with van der Waals surface area (Å²) in [6, 6.07) is 0. The van der Waals surface area contributed by atoms with Crippen molar-refractivity contribution in [1.29, 1.82) is 0 Å². The fourth-order valence-electron chi connectivity index (χ4n) is 0.541. The first kappa shape index (κ1) is 12.3. The van der Waals surface area contributed by atoms with Gasteiger partial charge in [0.2, 0.25) is 0 Å². The van der Waals surface area contributed by atoms with Crippen LogP contribution in [0.5, 0.6) is 0 Å². The van der Waals surface area contributed by atoms with Crippen molar-refractivity contribution in [2.24, 2.45) is 5.41 Å². The fraction of sp³-hybridized carbons (Fsp3) is 0.900. The Kier molecular flexibility index (Phi) is 4.24. The fourth-order valence-corrected chi connectivity index (χ4v) is 0.541. The molecule has 0 rings (SSSR count). The minimum Gasteiger partial charge on any atom is -0.432 e. The van der Waals surface area contributed by atoms with Crippen LogP contribution in [0.4, 0.5) is 4.79 Å². The van der Waals surface area contributed by atoms with Gasteiger partial charge in [0.05, 0.1) is 6.10 Å². The van der Waals surface area contributed by atoms with E-state index < -0.39 is 6.16 Å². The molecule has 0 N–H and O–H groups in total. The first-order valence-corrected chi connectivity index (χ1v) is 4.60. The van der Waals surface area contributed by atoms with Crippen molar-refractivity contribution in [2.75, 3.05) is 0 Å². The van der Waals surface area contributed by atoms with Crippen LogP contribution in [-0.2, 0) is 9.47 Å². The lowest BCUT2D eigenvalue weighted by atomic mass is 9.90. The Bertz CT molecular complexity index is 167. The lowest BCUT2D eigenvalue weighted by Gasteiger charge is -2.26. The predicted molar refractivity (Wildman–Crippen MR) is 51.6 cm³/mol. The molecule has 0 bridgehead atoms. The molecule has 0 spiro atoms. The van der Waals surface area contributed by atoms with Gasteiger partial charge in [-0.25, -0.2) is 4.79 Å². The van der Waals surface area contributed by atoms with Crippen molar-refractivity contribution >= 4 is 6.16 Å². The molecule has 0 aromatic heterocycles. The van der Waals surface area contributed by atoms with Gasteiger partial charge in [-0.1, -0.05) is 20.8 Å². The highest BCUT2D eigenvalue weighted by molar-refractivity contribution is 5.60. The van der Waals surface area contributed by atoms with Gasteiger partial charge < -0.3 is 9.47 Å². The molecule has 3 nitrogen and oxygen atoms in total. The molecule has 0 aliphatic rings. The Hall–Kier alpha value is -0.730. The zero-order valence-corrected chi connectivity index (χ0v) is 9.38. The van der Waals surface area contributed by atoms with Gasteiger partial charge in [-0.2, -0.15) is 0 Å². The van der Waals surface area contributed by atoms with E-state index >= 15 is 0 Å². The van der Waals surface area contributed by atoms with Gasteiger partial charge in [0.15, 0.2) is 0 Å². The predicted octanol–water partition coefficient (Wildman–Crippen LogP) is 2.98. The number of carbonyl (C=O) groups is 1. The molecule has 0 amide bonds. The molecular weight excluding hydrogens is 168 g/mol. The molecule has 78 valence electrons. The Labute approximate surface area is 80.4 Å². The molecule has 0 heterocycles. The zero-order chi connectivity index (χ0) is 10.6. The van der Waals surface area contributed by atoms with E-state index in [0.717, 1.165) is 0 Å². The van der Waals surface area contributed by atoms with Crippen LogP contribution in [0.3, 0.4) is 0 Å². The third kappa shape index (κ3) is 5.50. The van der Waals surface area contributed by atoms with E-state index in [1.807, 2.05) is 27.7 Å². The summed E-state index contributed by atoms with van der Waals surface area (Å²) in [5, 5.41) is 0. The van der Waals surface area contributed by atoms with E-state index in [2.05, 4.69) is 0 Å². The highest BCUT2D eigenvalue weighted by atomic mass is 16.7. The summed E-state index contributed by atoms with van der Waals surface area (Å²) in [6.45, 7) is 11.5.